The van der Waals surface area contributed by atoms with Gasteiger partial charge in [0.2, 0.25) is 0 Å². The third-order valence-electron chi connectivity index (χ3n) is 3.39. The van der Waals surface area contributed by atoms with Gasteiger partial charge in [-0.15, -0.1) is 11.3 Å². The Morgan fingerprint density at radius 2 is 2.29 bits per heavy atom. The van der Waals surface area contributed by atoms with Crippen molar-refractivity contribution in [1.29, 1.82) is 0 Å². The predicted molar refractivity (Wildman–Crippen MR) is 89.4 cm³/mol. The predicted octanol–water partition coefficient (Wildman–Crippen LogP) is 2.61. The molecule has 0 amide bonds. The SMILES string of the molecule is COCCCN(C)c1nc2sccn2c1CNCC(C)C. The normalized spacial score (nSPS) is 11.7. The summed E-state index contributed by atoms with van der Waals surface area (Å²) < 4.78 is 7.33. The fourth-order valence-electron chi connectivity index (χ4n) is 2.32. The molecule has 2 aromatic heterocycles. The Morgan fingerprint density at radius 1 is 1.48 bits per heavy atom. The number of methoxy groups -OCH3 is 1. The van der Waals surface area contributed by atoms with Gasteiger partial charge in [-0.1, -0.05) is 13.8 Å². The van der Waals surface area contributed by atoms with E-state index >= 15 is 0 Å². The summed E-state index contributed by atoms with van der Waals surface area (Å²) in [5, 5.41) is 5.61. The smallest absolute Gasteiger partial charge is 0.195 e. The summed E-state index contributed by atoms with van der Waals surface area (Å²) in [5.74, 6) is 1.73. The lowest BCUT2D eigenvalue weighted by Crippen LogP contribution is -2.24. The van der Waals surface area contributed by atoms with E-state index in [4.69, 9.17) is 9.72 Å². The Kier molecular flexibility index (Phi) is 6.02. The van der Waals surface area contributed by atoms with Gasteiger partial charge in [-0.3, -0.25) is 4.40 Å². The number of anilines is 1. The molecule has 0 atom stereocenters. The van der Waals surface area contributed by atoms with Crippen molar-refractivity contribution < 1.29 is 4.74 Å². The van der Waals surface area contributed by atoms with Crippen LogP contribution in [0.2, 0.25) is 0 Å². The number of ether oxygens (including phenoxy) is 1. The first-order chi connectivity index (χ1) is 10.1. The van der Waals surface area contributed by atoms with E-state index in [2.05, 4.69) is 47.1 Å². The average molecular weight is 310 g/mol. The van der Waals surface area contributed by atoms with Gasteiger partial charge in [0, 0.05) is 45.4 Å². The Hall–Kier alpha value is -1.11. The Balaban J connectivity index is 2.11. The number of nitrogens with one attached hydrogen (secondary N) is 1. The maximum atomic E-state index is 5.13. The lowest BCUT2D eigenvalue weighted by molar-refractivity contribution is 0.196. The van der Waals surface area contributed by atoms with E-state index < -0.39 is 0 Å². The van der Waals surface area contributed by atoms with Crippen molar-refractivity contribution in [3.63, 3.8) is 0 Å². The number of hydrogen-bond acceptors (Lipinski definition) is 5. The Labute approximate surface area is 130 Å². The summed E-state index contributed by atoms with van der Waals surface area (Å²) in [7, 11) is 3.85. The number of aromatic nitrogens is 2. The molecule has 2 heterocycles. The van der Waals surface area contributed by atoms with Crippen LogP contribution in [-0.4, -0.2) is 43.2 Å². The minimum absolute atomic E-state index is 0.652. The lowest BCUT2D eigenvalue weighted by Gasteiger charge is -2.18. The molecule has 0 aromatic carbocycles. The van der Waals surface area contributed by atoms with E-state index in [-0.39, 0.29) is 0 Å². The summed E-state index contributed by atoms with van der Waals surface area (Å²) >= 11 is 1.68. The van der Waals surface area contributed by atoms with Crippen molar-refractivity contribution in [1.82, 2.24) is 14.7 Å². The molecule has 0 bridgehead atoms. The first kappa shape index (κ1) is 16.3. The zero-order chi connectivity index (χ0) is 15.2. The number of fused-ring (bicyclic) bond motifs is 1. The maximum absolute atomic E-state index is 5.13. The molecule has 0 aliphatic rings. The highest BCUT2D eigenvalue weighted by atomic mass is 32.1. The second-order valence-corrected chi connectivity index (χ2v) is 6.60. The van der Waals surface area contributed by atoms with E-state index in [0.29, 0.717) is 5.92 Å². The first-order valence-electron chi connectivity index (χ1n) is 7.48. The van der Waals surface area contributed by atoms with Crippen LogP contribution >= 0.6 is 11.3 Å². The van der Waals surface area contributed by atoms with Gasteiger partial charge in [0.15, 0.2) is 10.8 Å². The van der Waals surface area contributed by atoms with Crippen LogP contribution in [0.15, 0.2) is 11.6 Å². The fourth-order valence-corrected chi connectivity index (χ4v) is 3.05. The zero-order valence-electron chi connectivity index (χ0n) is 13.4. The van der Waals surface area contributed by atoms with Gasteiger partial charge in [-0.2, -0.15) is 0 Å². The third-order valence-corrected chi connectivity index (χ3v) is 4.15. The van der Waals surface area contributed by atoms with Crippen molar-refractivity contribution in [2.45, 2.75) is 26.8 Å². The molecular formula is C15H26N4OS. The highest BCUT2D eigenvalue weighted by Crippen LogP contribution is 2.24. The summed E-state index contributed by atoms with van der Waals surface area (Å²) in [6.07, 6.45) is 3.11. The van der Waals surface area contributed by atoms with E-state index in [1.807, 2.05) is 0 Å². The molecule has 118 valence electrons. The summed E-state index contributed by atoms with van der Waals surface area (Å²) in [5.41, 5.74) is 1.24. The van der Waals surface area contributed by atoms with Gasteiger partial charge in [0.25, 0.3) is 0 Å². The molecule has 0 aliphatic heterocycles. The van der Waals surface area contributed by atoms with Crippen LogP contribution in [0, 0.1) is 5.92 Å². The Morgan fingerprint density at radius 3 is 3.00 bits per heavy atom. The molecule has 0 fully saturated rings. The van der Waals surface area contributed by atoms with Crippen LogP contribution in [0.1, 0.15) is 26.0 Å². The van der Waals surface area contributed by atoms with Crippen molar-refractivity contribution >= 4 is 22.1 Å². The molecule has 0 spiro atoms. The molecule has 0 saturated heterocycles. The minimum atomic E-state index is 0.652. The molecule has 6 heteroatoms. The number of nitrogens with zero attached hydrogens (tertiary/aromatic N) is 3. The molecule has 0 aliphatic carbocycles. The molecule has 2 rings (SSSR count). The molecule has 0 saturated carbocycles. The van der Waals surface area contributed by atoms with E-state index in [9.17, 15) is 0 Å². The second kappa shape index (κ2) is 7.77. The van der Waals surface area contributed by atoms with Crippen molar-refractivity contribution in [2.75, 3.05) is 38.8 Å². The average Bonchev–Trinajstić information content (AvgIpc) is 3.00. The molecule has 0 radical (unpaired) electrons. The highest BCUT2D eigenvalue weighted by molar-refractivity contribution is 7.15. The van der Waals surface area contributed by atoms with Gasteiger partial charge in [-0.25, -0.2) is 4.98 Å². The number of imidazole rings is 1. The molecule has 2 aromatic rings. The van der Waals surface area contributed by atoms with E-state index in [1.165, 1.54) is 5.69 Å². The van der Waals surface area contributed by atoms with Crippen LogP contribution in [0.4, 0.5) is 5.82 Å². The standard InChI is InChI=1S/C15H26N4OS/c1-12(2)10-16-11-13-14(18(3)6-5-8-20-4)17-15-19(13)7-9-21-15/h7,9,12,16H,5-6,8,10-11H2,1-4H3. The summed E-state index contributed by atoms with van der Waals surface area (Å²) in [6, 6.07) is 0. The van der Waals surface area contributed by atoms with Crippen LogP contribution in [-0.2, 0) is 11.3 Å². The van der Waals surface area contributed by atoms with Crippen molar-refractivity contribution in [2.24, 2.45) is 5.92 Å². The fraction of sp³-hybridized carbons (Fsp3) is 0.667. The van der Waals surface area contributed by atoms with Crippen LogP contribution < -0.4 is 10.2 Å². The lowest BCUT2D eigenvalue weighted by atomic mass is 10.2. The molecule has 0 unspecified atom stereocenters. The summed E-state index contributed by atoms with van der Waals surface area (Å²) in [6.45, 7) is 8.05. The molecule has 5 nitrogen and oxygen atoms in total. The second-order valence-electron chi connectivity index (χ2n) is 5.73. The number of hydrogen-bond donors (Lipinski definition) is 1. The van der Waals surface area contributed by atoms with Crippen molar-refractivity contribution in [3.05, 3.63) is 17.3 Å². The largest absolute Gasteiger partial charge is 0.385 e. The number of rotatable bonds is 9. The zero-order valence-corrected chi connectivity index (χ0v) is 14.2. The van der Waals surface area contributed by atoms with Gasteiger partial charge in [-0.05, 0) is 18.9 Å². The van der Waals surface area contributed by atoms with Crippen LogP contribution in [0.25, 0.3) is 4.96 Å². The van der Waals surface area contributed by atoms with Crippen LogP contribution in [0.5, 0.6) is 0 Å². The molecular weight excluding hydrogens is 284 g/mol. The van der Waals surface area contributed by atoms with Gasteiger partial charge in [0.05, 0.1) is 5.69 Å². The monoisotopic (exact) mass is 310 g/mol. The third kappa shape index (κ3) is 4.18. The minimum Gasteiger partial charge on any atom is -0.385 e. The van der Waals surface area contributed by atoms with E-state index in [1.54, 1.807) is 18.4 Å². The molecule has 1 N–H and O–H groups in total. The van der Waals surface area contributed by atoms with Crippen molar-refractivity contribution in [3.8, 4) is 0 Å². The number of thiazole rings is 1. The van der Waals surface area contributed by atoms with Gasteiger partial charge < -0.3 is 15.0 Å². The maximum Gasteiger partial charge on any atom is 0.195 e. The Bertz CT molecular complexity index is 549. The first-order valence-corrected chi connectivity index (χ1v) is 8.36. The topological polar surface area (TPSA) is 41.8 Å². The van der Waals surface area contributed by atoms with Gasteiger partial charge in [0.1, 0.15) is 0 Å². The highest BCUT2D eigenvalue weighted by Gasteiger charge is 2.16. The van der Waals surface area contributed by atoms with E-state index in [0.717, 1.165) is 43.4 Å². The van der Waals surface area contributed by atoms with Gasteiger partial charge >= 0.3 is 0 Å². The summed E-state index contributed by atoms with van der Waals surface area (Å²) in [4.78, 5) is 8.06. The van der Waals surface area contributed by atoms with Crippen LogP contribution in [0.3, 0.4) is 0 Å². The quantitative estimate of drug-likeness (QED) is 0.723. The molecule has 21 heavy (non-hydrogen) atoms.